The van der Waals surface area contributed by atoms with Crippen LogP contribution in [0.3, 0.4) is 0 Å². The standard InChI is InChI=1S/C9H6BrF/c10-7-3-1-2-6-4-5-8(11)9(6)7/h1-3,5H,4H2. The summed E-state index contributed by atoms with van der Waals surface area (Å²) in [6.45, 7) is 0. The van der Waals surface area contributed by atoms with E-state index in [0.29, 0.717) is 0 Å². The molecule has 56 valence electrons. The fourth-order valence-corrected chi connectivity index (χ4v) is 1.90. The zero-order valence-corrected chi connectivity index (χ0v) is 7.36. The maximum Gasteiger partial charge on any atom is 0.128 e. The van der Waals surface area contributed by atoms with Gasteiger partial charge in [0.1, 0.15) is 5.83 Å². The third-order valence-electron chi connectivity index (χ3n) is 1.84. The highest BCUT2D eigenvalue weighted by Gasteiger charge is 2.15. The van der Waals surface area contributed by atoms with Crippen LogP contribution in [-0.4, -0.2) is 0 Å². The second kappa shape index (κ2) is 2.45. The average Bonchev–Trinajstić information content (AvgIpc) is 2.34. The monoisotopic (exact) mass is 212 g/mol. The van der Waals surface area contributed by atoms with Gasteiger partial charge in [-0.25, -0.2) is 4.39 Å². The van der Waals surface area contributed by atoms with Crippen LogP contribution >= 0.6 is 15.9 Å². The smallest absolute Gasteiger partial charge is 0.128 e. The molecule has 0 saturated heterocycles. The predicted octanol–water partition coefficient (Wildman–Crippen LogP) is 3.32. The maximum atomic E-state index is 13.0. The van der Waals surface area contributed by atoms with Gasteiger partial charge in [-0.2, -0.15) is 0 Å². The highest BCUT2D eigenvalue weighted by atomic mass is 79.9. The van der Waals surface area contributed by atoms with Crippen LogP contribution in [0.1, 0.15) is 11.1 Å². The first-order valence-corrected chi connectivity index (χ1v) is 4.22. The topological polar surface area (TPSA) is 0 Å². The second-order valence-electron chi connectivity index (χ2n) is 2.53. The first-order chi connectivity index (χ1) is 5.29. The van der Waals surface area contributed by atoms with Crippen LogP contribution in [-0.2, 0) is 6.42 Å². The van der Waals surface area contributed by atoms with Crippen LogP contribution in [0.15, 0.2) is 28.7 Å². The lowest BCUT2D eigenvalue weighted by Gasteiger charge is -2.00. The van der Waals surface area contributed by atoms with E-state index in [1.165, 1.54) is 0 Å². The molecule has 0 spiro atoms. The molecule has 0 N–H and O–H groups in total. The molecule has 0 atom stereocenters. The Morgan fingerprint density at radius 2 is 2.18 bits per heavy atom. The molecular weight excluding hydrogens is 207 g/mol. The molecule has 1 aliphatic rings. The van der Waals surface area contributed by atoms with Crippen molar-refractivity contribution in [2.24, 2.45) is 0 Å². The Kier molecular flexibility index (Phi) is 1.57. The molecule has 0 heterocycles. The molecule has 0 aromatic heterocycles. The minimum Gasteiger partial charge on any atom is -0.207 e. The zero-order chi connectivity index (χ0) is 7.84. The summed E-state index contributed by atoms with van der Waals surface area (Å²) in [4.78, 5) is 0. The normalized spacial score (nSPS) is 14.5. The average molecular weight is 213 g/mol. The van der Waals surface area contributed by atoms with Crippen molar-refractivity contribution in [2.45, 2.75) is 6.42 Å². The Bertz CT molecular complexity index is 328. The minimum absolute atomic E-state index is 0.104. The summed E-state index contributed by atoms with van der Waals surface area (Å²) in [5, 5.41) is 0. The summed E-state index contributed by atoms with van der Waals surface area (Å²) < 4.78 is 13.9. The van der Waals surface area contributed by atoms with Crippen molar-refractivity contribution < 1.29 is 4.39 Å². The van der Waals surface area contributed by atoms with E-state index in [9.17, 15) is 4.39 Å². The van der Waals surface area contributed by atoms with Gasteiger partial charge in [0.25, 0.3) is 0 Å². The Hall–Kier alpha value is -0.630. The summed E-state index contributed by atoms with van der Waals surface area (Å²) in [6, 6.07) is 5.73. The van der Waals surface area contributed by atoms with Crippen LogP contribution in [0.5, 0.6) is 0 Å². The summed E-state index contributed by atoms with van der Waals surface area (Å²) >= 11 is 3.31. The van der Waals surface area contributed by atoms with Gasteiger partial charge in [0.05, 0.1) is 0 Å². The molecule has 0 bridgehead atoms. The zero-order valence-electron chi connectivity index (χ0n) is 5.77. The molecule has 1 aromatic carbocycles. The van der Waals surface area contributed by atoms with Crippen molar-refractivity contribution >= 4 is 21.8 Å². The van der Waals surface area contributed by atoms with Crippen LogP contribution in [0, 0.1) is 0 Å². The SMILES string of the molecule is FC1=CCc2cccc(Br)c21. The van der Waals surface area contributed by atoms with E-state index in [1.807, 2.05) is 18.2 Å². The molecule has 1 aliphatic carbocycles. The van der Waals surface area contributed by atoms with E-state index >= 15 is 0 Å². The van der Waals surface area contributed by atoms with Crippen molar-refractivity contribution in [3.8, 4) is 0 Å². The van der Waals surface area contributed by atoms with Gasteiger partial charge < -0.3 is 0 Å². The Labute approximate surface area is 72.9 Å². The predicted molar refractivity (Wildman–Crippen MR) is 46.9 cm³/mol. The summed E-state index contributed by atoms with van der Waals surface area (Å²) in [5.74, 6) is -0.104. The van der Waals surface area contributed by atoms with Crippen molar-refractivity contribution in [1.29, 1.82) is 0 Å². The molecule has 0 unspecified atom stereocenters. The number of halogens is 2. The molecule has 0 saturated carbocycles. The van der Waals surface area contributed by atoms with Crippen molar-refractivity contribution in [2.75, 3.05) is 0 Å². The fourth-order valence-electron chi connectivity index (χ4n) is 1.31. The molecule has 0 radical (unpaired) electrons. The Morgan fingerprint density at radius 3 is 2.91 bits per heavy atom. The second-order valence-corrected chi connectivity index (χ2v) is 3.38. The maximum absolute atomic E-state index is 13.0. The van der Waals surface area contributed by atoms with Gasteiger partial charge in [0.2, 0.25) is 0 Å². The number of hydrogen-bond donors (Lipinski definition) is 0. The number of benzene rings is 1. The Balaban J connectivity index is 2.67. The first-order valence-electron chi connectivity index (χ1n) is 3.42. The highest BCUT2D eigenvalue weighted by molar-refractivity contribution is 9.10. The third kappa shape index (κ3) is 1.02. The quantitative estimate of drug-likeness (QED) is 0.620. The van der Waals surface area contributed by atoms with Crippen LogP contribution < -0.4 is 0 Å². The largest absolute Gasteiger partial charge is 0.207 e. The van der Waals surface area contributed by atoms with Gasteiger partial charge in [0.15, 0.2) is 0 Å². The van der Waals surface area contributed by atoms with Crippen molar-refractivity contribution in [3.63, 3.8) is 0 Å². The number of rotatable bonds is 0. The van der Waals surface area contributed by atoms with Gasteiger partial charge >= 0.3 is 0 Å². The molecule has 0 aliphatic heterocycles. The first kappa shape index (κ1) is 7.04. The van der Waals surface area contributed by atoms with Gasteiger partial charge in [-0.15, -0.1) is 0 Å². The van der Waals surface area contributed by atoms with Crippen LogP contribution in [0.2, 0.25) is 0 Å². The molecular formula is C9H6BrF. The van der Waals surface area contributed by atoms with Gasteiger partial charge in [-0.1, -0.05) is 28.1 Å². The van der Waals surface area contributed by atoms with Crippen molar-refractivity contribution in [1.82, 2.24) is 0 Å². The number of fused-ring (bicyclic) bond motifs is 1. The number of hydrogen-bond acceptors (Lipinski definition) is 0. The van der Waals surface area contributed by atoms with Gasteiger partial charge in [-0.05, 0) is 24.1 Å². The molecule has 1 aromatic rings. The van der Waals surface area contributed by atoms with E-state index in [4.69, 9.17) is 0 Å². The lowest BCUT2D eigenvalue weighted by Crippen LogP contribution is -1.82. The summed E-state index contributed by atoms with van der Waals surface area (Å²) in [5.41, 5.74) is 1.80. The lowest BCUT2D eigenvalue weighted by molar-refractivity contribution is 0.761. The minimum atomic E-state index is -0.104. The van der Waals surface area contributed by atoms with Crippen molar-refractivity contribution in [3.05, 3.63) is 39.9 Å². The number of allylic oxidation sites excluding steroid dienone is 1. The van der Waals surface area contributed by atoms with E-state index in [-0.39, 0.29) is 5.83 Å². The van der Waals surface area contributed by atoms with Crippen LogP contribution in [0.4, 0.5) is 4.39 Å². The molecule has 2 heteroatoms. The molecule has 0 fully saturated rings. The molecule has 0 amide bonds. The molecule has 0 nitrogen and oxygen atoms in total. The Morgan fingerprint density at radius 1 is 1.36 bits per heavy atom. The van der Waals surface area contributed by atoms with Gasteiger partial charge in [-0.3, -0.25) is 0 Å². The van der Waals surface area contributed by atoms with E-state index in [2.05, 4.69) is 15.9 Å². The van der Waals surface area contributed by atoms with E-state index < -0.39 is 0 Å². The lowest BCUT2D eigenvalue weighted by atomic mass is 10.1. The summed E-state index contributed by atoms with van der Waals surface area (Å²) in [6.07, 6.45) is 2.33. The molecule has 2 rings (SSSR count). The highest BCUT2D eigenvalue weighted by Crippen LogP contribution is 2.33. The third-order valence-corrected chi connectivity index (χ3v) is 2.50. The molecule has 11 heavy (non-hydrogen) atoms. The van der Waals surface area contributed by atoms with E-state index in [1.54, 1.807) is 6.08 Å². The summed E-state index contributed by atoms with van der Waals surface area (Å²) in [7, 11) is 0. The van der Waals surface area contributed by atoms with E-state index in [0.717, 1.165) is 22.0 Å². The fraction of sp³-hybridized carbons (Fsp3) is 0.111. The van der Waals surface area contributed by atoms with Crippen LogP contribution in [0.25, 0.3) is 5.83 Å². The van der Waals surface area contributed by atoms with Gasteiger partial charge in [0, 0.05) is 10.0 Å².